The van der Waals surface area contributed by atoms with Crippen LogP contribution in [-0.2, 0) is 13.0 Å². The molecule has 0 aliphatic heterocycles. The molecule has 106 valence electrons. The zero-order valence-corrected chi connectivity index (χ0v) is 11.9. The number of amides is 1. The summed E-state index contributed by atoms with van der Waals surface area (Å²) in [6, 6.07) is 7.86. The summed E-state index contributed by atoms with van der Waals surface area (Å²) in [6.07, 6.45) is 8.56. The van der Waals surface area contributed by atoms with E-state index in [1.807, 2.05) is 35.0 Å². The predicted molar refractivity (Wildman–Crippen MR) is 79.6 cm³/mol. The Morgan fingerprint density at radius 1 is 1.30 bits per heavy atom. The maximum absolute atomic E-state index is 11.9. The van der Waals surface area contributed by atoms with Crippen LogP contribution in [0.4, 0.5) is 0 Å². The van der Waals surface area contributed by atoms with E-state index in [0.29, 0.717) is 6.54 Å². The highest BCUT2D eigenvalue weighted by molar-refractivity contribution is 5.94. The Kier molecular flexibility index (Phi) is 5.35. The number of rotatable bonds is 7. The third-order valence-electron chi connectivity index (χ3n) is 3.19. The molecule has 0 spiro atoms. The molecule has 1 aromatic heterocycles. The van der Waals surface area contributed by atoms with E-state index in [2.05, 4.69) is 17.2 Å². The van der Waals surface area contributed by atoms with Gasteiger partial charge in [0.05, 0.1) is 6.33 Å². The molecular formula is C16H21N3O. The minimum absolute atomic E-state index is 0.00122. The lowest BCUT2D eigenvalue weighted by Crippen LogP contribution is -2.25. The zero-order chi connectivity index (χ0) is 14.2. The van der Waals surface area contributed by atoms with Gasteiger partial charge in [-0.3, -0.25) is 4.79 Å². The number of nitrogens with zero attached hydrogens (tertiary/aromatic N) is 2. The van der Waals surface area contributed by atoms with Gasteiger partial charge in [-0.25, -0.2) is 4.98 Å². The molecule has 0 aliphatic carbocycles. The Morgan fingerprint density at radius 3 is 2.75 bits per heavy atom. The van der Waals surface area contributed by atoms with E-state index in [4.69, 9.17) is 0 Å². The number of nitrogens with one attached hydrogen (secondary N) is 1. The summed E-state index contributed by atoms with van der Waals surface area (Å²) in [5, 5.41) is 2.94. The highest BCUT2D eigenvalue weighted by atomic mass is 16.1. The van der Waals surface area contributed by atoms with Crippen LogP contribution in [0.3, 0.4) is 0 Å². The second kappa shape index (κ2) is 7.48. The van der Waals surface area contributed by atoms with Crippen molar-refractivity contribution in [1.82, 2.24) is 14.9 Å². The minimum atomic E-state index is -0.00122. The van der Waals surface area contributed by atoms with Crippen molar-refractivity contribution in [3.8, 4) is 0 Å². The molecule has 1 N–H and O–H groups in total. The first kappa shape index (κ1) is 14.3. The Bertz CT molecular complexity index is 517. The number of aryl methyl sites for hydroxylation is 2. The minimum Gasteiger partial charge on any atom is -0.352 e. The average molecular weight is 271 g/mol. The summed E-state index contributed by atoms with van der Waals surface area (Å²) in [6.45, 7) is 3.70. The van der Waals surface area contributed by atoms with E-state index >= 15 is 0 Å². The molecule has 0 saturated carbocycles. The number of carbonyl (C=O) groups excluding carboxylic acids is 1. The molecule has 0 saturated heterocycles. The van der Waals surface area contributed by atoms with Crippen molar-refractivity contribution in [2.24, 2.45) is 0 Å². The van der Waals surface area contributed by atoms with Crippen LogP contribution < -0.4 is 5.32 Å². The monoisotopic (exact) mass is 271 g/mol. The van der Waals surface area contributed by atoms with Crippen LogP contribution in [0.2, 0.25) is 0 Å². The lowest BCUT2D eigenvalue weighted by atomic mass is 10.1. The maximum atomic E-state index is 11.9. The zero-order valence-electron chi connectivity index (χ0n) is 11.9. The molecule has 1 amide bonds. The lowest BCUT2D eigenvalue weighted by Gasteiger charge is -2.06. The molecule has 0 bridgehead atoms. The summed E-state index contributed by atoms with van der Waals surface area (Å²) < 4.78 is 2.01. The van der Waals surface area contributed by atoms with Crippen LogP contribution >= 0.6 is 0 Å². The number of aromatic nitrogens is 2. The van der Waals surface area contributed by atoms with Gasteiger partial charge in [0.25, 0.3) is 5.91 Å². The molecule has 0 atom stereocenters. The molecule has 0 radical (unpaired) electrons. The van der Waals surface area contributed by atoms with Gasteiger partial charge >= 0.3 is 0 Å². The SMILES string of the molecule is CCCc1ccc(C(=O)NCCCn2ccnc2)cc1. The van der Waals surface area contributed by atoms with Gasteiger partial charge in [0.2, 0.25) is 0 Å². The third-order valence-corrected chi connectivity index (χ3v) is 3.19. The van der Waals surface area contributed by atoms with Gasteiger partial charge in [0.1, 0.15) is 0 Å². The van der Waals surface area contributed by atoms with Crippen LogP contribution in [0.5, 0.6) is 0 Å². The largest absolute Gasteiger partial charge is 0.352 e. The van der Waals surface area contributed by atoms with E-state index in [-0.39, 0.29) is 5.91 Å². The molecule has 0 fully saturated rings. The lowest BCUT2D eigenvalue weighted by molar-refractivity contribution is 0.0952. The van der Waals surface area contributed by atoms with Gasteiger partial charge < -0.3 is 9.88 Å². The fourth-order valence-electron chi connectivity index (χ4n) is 2.10. The van der Waals surface area contributed by atoms with Gasteiger partial charge in [0.15, 0.2) is 0 Å². The van der Waals surface area contributed by atoms with Crippen LogP contribution in [0.1, 0.15) is 35.7 Å². The first-order valence-electron chi connectivity index (χ1n) is 7.12. The normalized spacial score (nSPS) is 10.4. The van der Waals surface area contributed by atoms with Gasteiger partial charge in [-0.05, 0) is 30.5 Å². The van der Waals surface area contributed by atoms with Crippen molar-refractivity contribution in [1.29, 1.82) is 0 Å². The topological polar surface area (TPSA) is 46.9 Å². The Balaban J connectivity index is 1.73. The van der Waals surface area contributed by atoms with E-state index in [0.717, 1.165) is 31.4 Å². The van der Waals surface area contributed by atoms with Gasteiger partial charge in [-0.2, -0.15) is 0 Å². The van der Waals surface area contributed by atoms with E-state index in [9.17, 15) is 4.79 Å². The summed E-state index contributed by atoms with van der Waals surface area (Å²) in [5.41, 5.74) is 2.01. The highest BCUT2D eigenvalue weighted by Gasteiger charge is 2.04. The number of hydrogen-bond acceptors (Lipinski definition) is 2. The third kappa shape index (κ3) is 4.23. The fraction of sp³-hybridized carbons (Fsp3) is 0.375. The van der Waals surface area contributed by atoms with Gasteiger partial charge in [0, 0.05) is 31.0 Å². The van der Waals surface area contributed by atoms with E-state index < -0.39 is 0 Å². The van der Waals surface area contributed by atoms with Crippen molar-refractivity contribution in [2.75, 3.05) is 6.54 Å². The van der Waals surface area contributed by atoms with Crippen molar-refractivity contribution in [3.05, 3.63) is 54.1 Å². The molecule has 2 rings (SSSR count). The molecule has 1 heterocycles. The van der Waals surface area contributed by atoms with Crippen molar-refractivity contribution >= 4 is 5.91 Å². The first-order chi connectivity index (χ1) is 9.79. The number of hydrogen-bond donors (Lipinski definition) is 1. The number of benzene rings is 1. The van der Waals surface area contributed by atoms with Gasteiger partial charge in [-0.1, -0.05) is 25.5 Å². The smallest absolute Gasteiger partial charge is 0.251 e. The van der Waals surface area contributed by atoms with E-state index in [1.165, 1.54) is 5.56 Å². The molecular weight excluding hydrogens is 250 g/mol. The Hall–Kier alpha value is -2.10. The van der Waals surface area contributed by atoms with E-state index in [1.54, 1.807) is 12.5 Å². The highest BCUT2D eigenvalue weighted by Crippen LogP contribution is 2.06. The second-order valence-corrected chi connectivity index (χ2v) is 4.86. The van der Waals surface area contributed by atoms with Crippen LogP contribution in [0.15, 0.2) is 43.0 Å². The molecule has 0 unspecified atom stereocenters. The van der Waals surface area contributed by atoms with Crippen molar-refractivity contribution in [3.63, 3.8) is 0 Å². The van der Waals surface area contributed by atoms with Crippen LogP contribution in [-0.4, -0.2) is 22.0 Å². The summed E-state index contributed by atoms with van der Waals surface area (Å²) >= 11 is 0. The van der Waals surface area contributed by atoms with Crippen LogP contribution in [0.25, 0.3) is 0 Å². The standard InChI is InChI=1S/C16H21N3O/c1-2-4-14-5-7-15(8-6-14)16(20)18-9-3-11-19-12-10-17-13-19/h5-8,10,12-13H,2-4,9,11H2,1H3,(H,18,20). The Labute approximate surface area is 119 Å². The van der Waals surface area contributed by atoms with Gasteiger partial charge in [-0.15, -0.1) is 0 Å². The average Bonchev–Trinajstić information content (AvgIpc) is 2.98. The Morgan fingerprint density at radius 2 is 2.10 bits per heavy atom. The molecule has 20 heavy (non-hydrogen) atoms. The molecule has 4 nitrogen and oxygen atoms in total. The second-order valence-electron chi connectivity index (χ2n) is 4.86. The molecule has 0 aliphatic rings. The number of carbonyl (C=O) groups is 1. The first-order valence-corrected chi connectivity index (χ1v) is 7.12. The fourth-order valence-corrected chi connectivity index (χ4v) is 2.10. The summed E-state index contributed by atoms with van der Waals surface area (Å²) in [5.74, 6) is -0.00122. The van der Waals surface area contributed by atoms with Crippen LogP contribution in [0, 0.1) is 0 Å². The van der Waals surface area contributed by atoms with Crippen molar-refractivity contribution < 1.29 is 4.79 Å². The predicted octanol–water partition coefficient (Wildman–Crippen LogP) is 2.66. The molecule has 1 aromatic carbocycles. The summed E-state index contributed by atoms with van der Waals surface area (Å²) in [7, 11) is 0. The van der Waals surface area contributed by atoms with Crippen molar-refractivity contribution in [2.45, 2.75) is 32.7 Å². The molecule has 4 heteroatoms. The summed E-state index contributed by atoms with van der Waals surface area (Å²) in [4.78, 5) is 15.9. The number of imidazole rings is 1. The maximum Gasteiger partial charge on any atom is 0.251 e. The quantitative estimate of drug-likeness (QED) is 0.787. The molecule has 2 aromatic rings.